The Kier molecular flexibility index (Phi) is 5.78. The first-order chi connectivity index (χ1) is 12.6. The van der Waals surface area contributed by atoms with Gasteiger partial charge in [0.15, 0.2) is 5.96 Å². The lowest BCUT2D eigenvalue weighted by atomic mass is 10.2. The number of sulfonamides is 1. The quantitative estimate of drug-likeness (QED) is 0.598. The van der Waals surface area contributed by atoms with Gasteiger partial charge in [0.2, 0.25) is 10.0 Å². The highest BCUT2D eigenvalue weighted by Crippen LogP contribution is 2.29. The third-order valence-electron chi connectivity index (χ3n) is 4.36. The van der Waals surface area contributed by atoms with E-state index in [1.54, 1.807) is 7.05 Å². The fraction of sp³-hybridized carbons (Fsp3) is 0.316. The molecule has 2 aromatic rings. The van der Waals surface area contributed by atoms with Crippen LogP contribution in [0, 0.1) is 0 Å². The summed E-state index contributed by atoms with van der Waals surface area (Å²) in [6.45, 7) is 1.45. The Morgan fingerprint density at radius 2 is 1.81 bits per heavy atom. The van der Waals surface area contributed by atoms with Crippen LogP contribution in [0.2, 0.25) is 0 Å². The van der Waals surface area contributed by atoms with Crippen LogP contribution in [0.4, 0.5) is 5.69 Å². The van der Waals surface area contributed by atoms with E-state index in [1.807, 2.05) is 54.6 Å². The van der Waals surface area contributed by atoms with Crippen molar-refractivity contribution in [2.24, 2.45) is 4.99 Å². The monoisotopic (exact) mass is 372 g/mol. The number of guanidine groups is 1. The fourth-order valence-corrected chi connectivity index (χ4v) is 4.44. The third-order valence-corrected chi connectivity index (χ3v) is 6.13. The number of benzene rings is 2. The molecule has 2 N–H and O–H groups in total. The lowest BCUT2D eigenvalue weighted by molar-refractivity contribution is 0.591. The topological polar surface area (TPSA) is 73.8 Å². The summed E-state index contributed by atoms with van der Waals surface area (Å²) in [5.74, 6) is 0.610. The van der Waals surface area contributed by atoms with Gasteiger partial charge in [0, 0.05) is 26.7 Å². The van der Waals surface area contributed by atoms with Crippen LogP contribution in [0.3, 0.4) is 0 Å². The maximum absolute atomic E-state index is 12.7. The first-order valence-corrected chi connectivity index (χ1v) is 10.3. The minimum Gasteiger partial charge on any atom is -0.355 e. The SMILES string of the molecule is CN=C(NCCS(=O)(=O)N1CCc2ccccc21)NCc1ccccc1. The van der Waals surface area contributed by atoms with Gasteiger partial charge in [-0.3, -0.25) is 9.30 Å². The van der Waals surface area contributed by atoms with Gasteiger partial charge in [-0.05, 0) is 23.6 Å². The van der Waals surface area contributed by atoms with Crippen molar-refractivity contribution in [1.29, 1.82) is 0 Å². The summed E-state index contributed by atoms with van der Waals surface area (Å²) < 4.78 is 26.9. The molecule has 0 fully saturated rings. The molecular formula is C19H24N4O2S. The largest absolute Gasteiger partial charge is 0.355 e. The average molecular weight is 372 g/mol. The molecule has 7 heteroatoms. The zero-order chi connectivity index (χ0) is 18.4. The van der Waals surface area contributed by atoms with Crippen molar-refractivity contribution in [2.75, 3.05) is 30.2 Å². The average Bonchev–Trinajstić information content (AvgIpc) is 3.10. The second-order valence-electron chi connectivity index (χ2n) is 6.11. The molecule has 1 aliphatic heterocycles. The van der Waals surface area contributed by atoms with Gasteiger partial charge >= 0.3 is 0 Å². The predicted molar refractivity (Wildman–Crippen MR) is 106 cm³/mol. The Labute approximate surface area is 155 Å². The highest BCUT2D eigenvalue weighted by atomic mass is 32.2. The third kappa shape index (κ3) is 4.35. The van der Waals surface area contributed by atoms with E-state index in [0.29, 0.717) is 25.6 Å². The zero-order valence-electron chi connectivity index (χ0n) is 14.9. The Balaban J connectivity index is 1.52. The van der Waals surface area contributed by atoms with Crippen molar-refractivity contribution in [1.82, 2.24) is 10.6 Å². The summed E-state index contributed by atoms with van der Waals surface area (Å²) in [5, 5.41) is 6.26. The molecule has 0 atom stereocenters. The van der Waals surface area contributed by atoms with Crippen LogP contribution in [0.1, 0.15) is 11.1 Å². The van der Waals surface area contributed by atoms with Crippen LogP contribution in [-0.2, 0) is 23.0 Å². The lowest BCUT2D eigenvalue weighted by Gasteiger charge is -2.20. The van der Waals surface area contributed by atoms with Gasteiger partial charge in [0.05, 0.1) is 11.4 Å². The van der Waals surface area contributed by atoms with Crippen LogP contribution in [0.5, 0.6) is 0 Å². The highest BCUT2D eigenvalue weighted by Gasteiger charge is 2.28. The predicted octanol–water partition coefficient (Wildman–Crippen LogP) is 1.74. The van der Waals surface area contributed by atoms with E-state index in [-0.39, 0.29) is 5.75 Å². The smallest absolute Gasteiger partial charge is 0.236 e. The minimum absolute atomic E-state index is 0.0212. The summed E-state index contributed by atoms with van der Waals surface area (Å²) in [6, 6.07) is 17.6. The Bertz CT molecular complexity index is 866. The number of rotatable bonds is 6. The number of hydrogen-bond acceptors (Lipinski definition) is 3. The summed E-state index contributed by atoms with van der Waals surface area (Å²) >= 11 is 0. The van der Waals surface area contributed by atoms with Crippen LogP contribution in [-0.4, -0.2) is 40.3 Å². The summed E-state index contributed by atoms with van der Waals surface area (Å²) in [4.78, 5) is 4.14. The molecule has 1 heterocycles. The molecule has 0 aromatic heterocycles. The maximum atomic E-state index is 12.7. The number of fused-ring (bicyclic) bond motifs is 1. The first-order valence-electron chi connectivity index (χ1n) is 8.67. The molecule has 0 spiro atoms. The van der Waals surface area contributed by atoms with E-state index >= 15 is 0 Å². The van der Waals surface area contributed by atoms with Crippen molar-refractivity contribution in [3.05, 3.63) is 65.7 Å². The molecule has 0 bridgehead atoms. The molecule has 0 amide bonds. The number of para-hydroxylation sites is 1. The van der Waals surface area contributed by atoms with Gasteiger partial charge in [-0.1, -0.05) is 48.5 Å². The van der Waals surface area contributed by atoms with E-state index in [1.165, 1.54) is 4.31 Å². The molecule has 26 heavy (non-hydrogen) atoms. The zero-order valence-corrected chi connectivity index (χ0v) is 15.7. The van der Waals surface area contributed by atoms with Gasteiger partial charge in [0.1, 0.15) is 0 Å². The number of aliphatic imine (C=N–C) groups is 1. The molecule has 0 unspecified atom stereocenters. The van der Waals surface area contributed by atoms with E-state index in [2.05, 4.69) is 15.6 Å². The standard InChI is InChI=1S/C19H24N4O2S/c1-20-19(22-15-16-7-3-2-4-8-16)21-12-14-26(24,25)23-13-11-17-9-5-6-10-18(17)23/h2-10H,11-15H2,1H3,(H2,20,21,22). The minimum atomic E-state index is -3.36. The number of nitrogens with zero attached hydrogens (tertiary/aromatic N) is 2. The molecule has 6 nitrogen and oxygen atoms in total. The van der Waals surface area contributed by atoms with Crippen LogP contribution in [0.15, 0.2) is 59.6 Å². The van der Waals surface area contributed by atoms with Crippen molar-refractivity contribution in [3.8, 4) is 0 Å². The van der Waals surface area contributed by atoms with E-state index < -0.39 is 10.0 Å². The van der Waals surface area contributed by atoms with Gasteiger partial charge in [-0.15, -0.1) is 0 Å². The van der Waals surface area contributed by atoms with Gasteiger partial charge < -0.3 is 10.6 Å². The second kappa shape index (κ2) is 8.23. The summed E-state index contributed by atoms with van der Waals surface area (Å²) in [5.41, 5.74) is 3.03. The Hall–Kier alpha value is -2.54. The molecule has 0 saturated carbocycles. The number of nitrogens with one attached hydrogen (secondary N) is 2. The molecule has 0 saturated heterocycles. The molecule has 2 aromatic carbocycles. The van der Waals surface area contributed by atoms with Crippen LogP contribution >= 0.6 is 0 Å². The van der Waals surface area contributed by atoms with Crippen molar-refractivity contribution >= 4 is 21.7 Å². The molecule has 138 valence electrons. The van der Waals surface area contributed by atoms with Crippen LogP contribution in [0.25, 0.3) is 0 Å². The van der Waals surface area contributed by atoms with Gasteiger partial charge in [-0.25, -0.2) is 8.42 Å². The fourth-order valence-electron chi connectivity index (χ4n) is 3.01. The highest BCUT2D eigenvalue weighted by molar-refractivity contribution is 7.92. The van der Waals surface area contributed by atoms with Crippen molar-refractivity contribution < 1.29 is 8.42 Å². The van der Waals surface area contributed by atoms with E-state index in [0.717, 1.165) is 23.2 Å². The Morgan fingerprint density at radius 3 is 2.58 bits per heavy atom. The Morgan fingerprint density at radius 1 is 1.08 bits per heavy atom. The van der Waals surface area contributed by atoms with Crippen molar-refractivity contribution in [2.45, 2.75) is 13.0 Å². The lowest BCUT2D eigenvalue weighted by Crippen LogP contribution is -2.41. The molecule has 1 aliphatic rings. The van der Waals surface area contributed by atoms with Crippen molar-refractivity contribution in [3.63, 3.8) is 0 Å². The molecule has 3 rings (SSSR count). The summed E-state index contributed by atoms with van der Waals surface area (Å²) in [6.07, 6.45) is 0.767. The number of hydrogen-bond donors (Lipinski definition) is 2. The molecular weight excluding hydrogens is 348 g/mol. The van der Waals surface area contributed by atoms with Crippen LogP contribution < -0.4 is 14.9 Å². The van der Waals surface area contributed by atoms with E-state index in [9.17, 15) is 8.42 Å². The van der Waals surface area contributed by atoms with E-state index in [4.69, 9.17) is 0 Å². The molecule has 0 aliphatic carbocycles. The number of anilines is 1. The summed E-state index contributed by atoms with van der Waals surface area (Å²) in [7, 11) is -1.68. The first kappa shape index (κ1) is 18.3. The normalized spacial score (nSPS) is 14.2. The van der Waals surface area contributed by atoms with Gasteiger partial charge in [0.25, 0.3) is 0 Å². The second-order valence-corrected chi connectivity index (χ2v) is 8.12. The molecule has 0 radical (unpaired) electrons. The maximum Gasteiger partial charge on any atom is 0.236 e. The van der Waals surface area contributed by atoms with Gasteiger partial charge in [-0.2, -0.15) is 0 Å².